The third-order valence-corrected chi connectivity index (χ3v) is 4.94. The normalized spacial score (nSPS) is 19.5. The van der Waals surface area contributed by atoms with Gasteiger partial charge in [0.25, 0.3) is 5.91 Å². The van der Waals surface area contributed by atoms with Crippen LogP contribution in [0.25, 0.3) is 0 Å². The highest BCUT2D eigenvalue weighted by atomic mass is 16.5. The second kappa shape index (κ2) is 9.18. The highest BCUT2D eigenvalue weighted by molar-refractivity contribution is 5.94. The fourth-order valence-corrected chi connectivity index (χ4v) is 3.50. The lowest BCUT2D eigenvalue weighted by Gasteiger charge is -2.31. The number of hydrogen-bond acceptors (Lipinski definition) is 3. The van der Waals surface area contributed by atoms with Gasteiger partial charge < -0.3 is 10.1 Å². The maximum absolute atomic E-state index is 12.3. The summed E-state index contributed by atoms with van der Waals surface area (Å²) in [4.78, 5) is 24.5. The molecule has 4 nitrogen and oxygen atoms in total. The molecular weight excluding hydrogens is 326 g/mol. The van der Waals surface area contributed by atoms with E-state index in [1.807, 2.05) is 36.4 Å². The number of carbonyl (C=O) groups is 2. The van der Waals surface area contributed by atoms with E-state index in [0.717, 1.165) is 32.1 Å². The van der Waals surface area contributed by atoms with Crippen LogP contribution in [0.1, 0.15) is 52.8 Å². The van der Waals surface area contributed by atoms with Crippen LogP contribution >= 0.6 is 0 Å². The van der Waals surface area contributed by atoms with Gasteiger partial charge in [-0.15, -0.1) is 0 Å². The SMILES string of the molecule is O=C(NCC[C@H]1CCCC[C@@H]1OC(=O)c1ccccc1)c1ccccc1. The third kappa shape index (κ3) is 4.94. The zero-order chi connectivity index (χ0) is 18.2. The average molecular weight is 351 g/mol. The number of esters is 1. The number of ether oxygens (including phenoxy) is 1. The minimum absolute atomic E-state index is 0.0563. The van der Waals surface area contributed by atoms with Crippen LogP contribution in [0.5, 0.6) is 0 Å². The van der Waals surface area contributed by atoms with E-state index in [2.05, 4.69) is 5.32 Å². The van der Waals surface area contributed by atoms with E-state index in [1.54, 1.807) is 24.3 Å². The van der Waals surface area contributed by atoms with Crippen molar-refractivity contribution < 1.29 is 14.3 Å². The molecule has 0 spiro atoms. The molecule has 1 amide bonds. The average Bonchev–Trinajstić information content (AvgIpc) is 2.70. The van der Waals surface area contributed by atoms with Crippen LogP contribution in [0, 0.1) is 5.92 Å². The minimum Gasteiger partial charge on any atom is -0.458 e. The molecule has 0 saturated heterocycles. The quantitative estimate of drug-likeness (QED) is 0.793. The molecule has 136 valence electrons. The van der Waals surface area contributed by atoms with Crippen molar-refractivity contribution in [2.24, 2.45) is 5.92 Å². The van der Waals surface area contributed by atoms with Crippen molar-refractivity contribution in [3.05, 3.63) is 71.8 Å². The van der Waals surface area contributed by atoms with Gasteiger partial charge in [-0.3, -0.25) is 4.79 Å². The standard InChI is InChI=1S/C22H25NO3/c24-21(18-10-3-1-4-11-18)23-16-15-17-9-7-8-14-20(17)26-22(25)19-12-5-2-6-13-19/h1-6,10-13,17,20H,7-9,14-16H2,(H,23,24)/t17-,20+/m1/s1. The van der Waals surface area contributed by atoms with Gasteiger partial charge in [-0.1, -0.05) is 42.8 Å². The lowest BCUT2D eigenvalue weighted by Crippen LogP contribution is -2.33. The summed E-state index contributed by atoms with van der Waals surface area (Å²) in [6.45, 7) is 0.595. The smallest absolute Gasteiger partial charge is 0.338 e. The largest absolute Gasteiger partial charge is 0.458 e. The summed E-state index contributed by atoms with van der Waals surface area (Å²) < 4.78 is 5.78. The van der Waals surface area contributed by atoms with Crippen LogP contribution in [0.15, 0.2) is 60.7 Å². The lowest BCUT2D eigenvalue weighted by atomic mass is 9.84. The highest BCUT2D eigenvalue weighted by Gasteiger charge is 2.28. The van der Waals surface area contributed by atoms with Crippen molar-refractivity contribution in [2.75, 3.05) is 6.54 Å². The van der Waals surface area contributed by atoms with E-state index < -0.39 is 0 Å². The van der Waals surface area contributed by atoms with E-state index in [1.165, 1.54) is 0 Å². The van der Waals surface area contributed by atoms with E-state index in [0.29, 0.717) is 23.6 Å². The van der Waals surface area contributed by atoms with Crippen LogP contribution in [0.4, 0.5) is 0 Å². The number of rotatable bonds is 6. The fraction of sp³-hybridized carbons (Fsp3) is 0.364. The van der Waals surface area contributed by atoms with Crippen molar-refractivity contribution in [1.29, 1.82) is 0 Å². The van der Waals surface area contributed by atoms with Crippen LogP contribution in [-0.4, -0.2) is 24.5 Å². The Balaban J connectivity index is 1.51. The summed E-state index contributed by atoms with van der Waals surface area (Å²) in [6.07, 6.45) is 4.93. The number of carbonyl (C=O) groups excluding carboxylic acids is 2. The maximum Gasteiger partial charge on any atom is 0.338 e. The third-order valence-electron chi connectivity index (χ3n) is 4.94. The molecular formula is C22H25NO3. The summed E-state index contributed by atoms with van der Waals surface area (Å²) in [6, 6.07) is 18.3. The Hall–Kier alpha value is -2.62. The summed E-state index contributed by atoms with van der Waals surface area (Å²) in [7, 11) is 0. The molecule has 0 heterocycles. The Morgan fingerprint density at radius 2 is 1.50 bits per heavy atom. The van der Waals surface area contributed by atoms with E-state index >= 15 is 0 Å². The summed E-state index contributed by atoms with van der Waals surface area (Å²) in [5.41, 5.74) is 1.26. The molecule has 3 rings (SSSR count). The predicted octanol–water partition coefficient (Wildman–Crippen LogP) is 4.22. The minimum atomic E-state index is -0.254. The zero-order valence-electron chi connectivity index (χ0n) is 14.9. The van der Waals surface area contributed by atoms with Crippen molar-refractivity contribution in [2.45, 2.75) is 38.2 Å². The van der Waals surface area contributed by atoms with Crippen molar-refractivity contribution in [1.82, 2.24) is 5.32 Å². The Labute approximate surface area is 154 Å². The molecule has 0 unspecified atom stereocenters. The lowest BCUT2D eigenvalue weighted by molar-refractivity contribution is -0.000188. The van der Waals surface area contributed by atoms with Crippen LogP contribution in [-0.2, 0) is 4.74 Å². The highest BCUT2D eigenvalue weighted by Crippen LogP contribution is 2.29. The van der Waals surface area contributed by atoms with Crippen LogP contribution in [0.2, 0.25) is 0 Å². The van der Waals surface area contributed by atoms with Crippen LogP contribution < -0.4 is 5.32 Å². The first-order valence-electron chi connectivity index (χ1n) is 9.33. The van der Waals surface area contributed by atoms with Gasteiger partial charge in [-0.2, -0.15) is 0 Å². The molecule has 0 aliphatic heterocycles. The molecule has 4 heteroatoms. The predicted molar refractivity (Wildman–Crippen MR) is 101 cm³/mol. The second-order valence-corrected chi connectivity index (χ2v) is 6.76. The molecule has 0 bridgehead atoms. The molecule has 0 aromatic heterocycles. The summed E-state index contributed by atoms with van der Waals surface area (Å²) in [5.74, 6) is -0.0115. The van der Waals surface area contributed by atoms with Gasteiger partial charge in [0.15, 0.2) is 0 Å². The molecule has 1 saturated carbocycles. The molecule has 1 aliphatic rings. The monoisotopic (exact) mass is 351 g/mol. The van der Waals surface area contributed by atoms with Gasteiger partial charge in [-0.25, -0.2) is 4.79 Å². The molecule has 1 N–H and O–H groups in total. The first-order chi connectivity index (χ1) is 12.7. The van der Waals surface area contributed by atoms with Gasteiger partial charge in [0.1, 0.15) is 6.10 Å². The first-order valence-corrected chi connectivity index (χ1v) is 9.33. The van der Waals surface area contributed by atoms with Crippen molar-refractivity contribution in [3.8, 4) is 0 Å². The van der Waals surface area contributed by atoms with Gasteiger partial charge in [0.2, 0.25) is 0 Å². The molecule has 2 atom stereocenters. The second-order valence-electron chi connectivity index (χ2n) is 6.76. The number of hydrogen-bond donors (Lipinski definition) is 1. The Morgan fingerprint density at radius 1 is 0.885 bits per heavy atom. The van der Waals surface area contributed by atoms with Gasteiger partial charge in [-0.05, 0) is 55.9 Å². The first kappa shape index (κ1) is 18.2. The van der Waals surface area contributed by atoms with E-state index in [4.69, 9.17) is 4.74 Å². The van der Waals surface area contributed by atoms with Gasteiger partial charge >= 0.3 is 5.97 Å². The number of nitrogens with one attached hydrogen (secondary N) is 1. The molecule has 0 radical (unpaired) electrons. The summed E-state index contributed by atoms with van der Waals surface area (Å²) in [5, 5.41) is 2.97. The topological polar surface area (TPSA) is 55.4 Å². The Morgan fingerprint density at radius 3 is 2.19 bits per heavy atom. The van der Waals surface area contributed by atoms with Crippen LogP contribution in [0.3, 0.4) is 0 Å². The van der Waals surface area contributed by atoms with Gasteiger partial charge in [0.05, 0.1) is 5.56 Å². The molecule has 1 aliphatic carbocycles. The Kier molecular flexibility index (Phi) is 6.42. The number of amides is 1. The van der Waals surface area contributed by atoms with E-state index in [-0.39, 0.29) is 18.0 Å². The van der Waals surface area contributed by atoms with E-state index in [9.17, 15) is 9.59 Å². The molecule has 1 fully saturated rings. The molecule has 2 aromatic rings. The Bertz CT molecular complexity index is 715. The maximum atomic E-state index is 12.3. The fourth-order valence-electron chi connectivity index (χ4n) is 3.50. The van der Waals surface area contributed by atoms with Gasteiger partial charge in [0, 0.05) is 12.1 Å². The zero-order valence-corrected chi connectivity index (χ0v) is 14.9. The van der Waals surface area contributed by atoms with Crippen molar-refractivity contribution in [3.63, 3.8) is 0 Å². The summed E-state index contributed by atoms with van der Waals surface area (Å²) >= 11 is 0. The molecule has 2 aromatic carbocycles. The molecule has 26 heavy (non-hydrogen) atoms. The van der Waals surface area contributed by atoms with Crippen molar-refractivity contribution >= 4 is 11.9 Å². The number of benzene rings is 2.